The van der Waals surface area contributed by atoms with Crippen LogP contribution in [0.3, 0.4) is 0 Å². The number of nitrogens with zero attached hydrogens (tertiary/aromatic N) is 5. The number of benzene rings is 6. The van der Waals surface area contributed by atoms with E-state index in [0.717, 1.165) is 44.3 Å². The molecule has 0 atom stereocenters. The lowest BCUT2D eigenvalue weighted by atomic mass is 9.77. The van der Waals surface area contributed by atoms with Gasteiger partial charge in [0.1, 0.15) is 27.6 Å². The molecule has 10 heteroatoms. The van der Waals surface area contributed by atoms with E-state index in [0.29, 0.717) is 21.8 Å². The summed E-state index contributed by atoms with van der Waals surface area (Å²) in [5.74, 6) is -0.340. The van der Waals surface area contributed by atoms with Gasteiger partial charge in [-0.05, 0) is 76.3 Å². The summed E-state index contributed by atoms with van der Waals surface area (Å²) in [4.78, 5) is 9.99. The van der Waals surface area contributed by atoms with Crippen LogP contribution in [0.1, 0.15) is 22.3 Å². The number of thiophene rings is 1. The first-order valence-electron chi connectivity index (χ1n) is 18.7. The van der Waals surface area contributed by atoms with Gasteiger partial charge in [0.2, 0.25) is 0 Å². The van der Waals surface area contributed by atoms with Crippen molar-refractivity contribution in [1.29, 1.82) is 0 Å². The van der Waals surface area contributed by atoms with Gasteiger partial charge in [0, 0.05) is 36.3 Å². The zero-order valence-corrected chi connectivity index (χ0v) is 33.0. The molecule has 6 aromatic carbocycles. The highest BCUT2D eigenvalue weighted by Gasteiger charge is 2.40. The third-order valence-electron chi connectivity index (χ3n) is 10.4. The highest BCUT2D eigenvalue weighted by atomic mass is 32.2. The van der Waals surface area contributed by atoms with Crippen LogP contribution in [0.2, 0.25) is 0 Å². The molecule has 9 rings (SSSR count). The number of fused-ring (bicyclic) bond motifs is 1. The first-order valence-corrected chi connectivity index (χ1v) is 21.0. The molecule has 58 heavy (non-hydrogen) atoms. The largest absolute Gasteiger partial charge is 0.252 e. The van der Waals surface area contributed by atoms with Gasteiger partial charge >= 0.3 is 0 Å². The van der Waals surface area contributed by atoms with Crippen LogP contribution in [0.15, 0.2) is 193 Å². The minimum Gasteiger partial charge on any atom is -0.252 e. The summed E-state index contributed by atoms with van der Waals surface area (Å²) in [6, 6.07) is 56.3. The lowest BCUT2D eigenvalue weighted by Gasteiger charge is -2.36. The fourth-order valence-corrected chi connectivity index (χ4v) is 10.3. The first-order chi connectivity index (χ1) is 28.3. The fourth-order valence-electron chi connectivity index (χ4n) is 7.60. The van der Waals surface area contributed by atoms with Crippen LogP contribution in [0.4, 0.5) is 4.39 Å². The van der Waals surface area contributed by atoms with Gasteiger partial charge in [-0.15, -0.1) is 11.3 Å². The van der Waals surface area contributed by atoms with Crippen LogP contribution in [0, 0.1) is 5.82 Å². The van der Waals surface area contributed by atoms with Gasteiger partial charge in [-0.3, -0.25) is 4.68 Å². The highest BCUT2D eigenvalue weighted by Crippen LogP contribution is 2.44. The molecule has 0 saturated heterocycles. The predicted octanol–water partition coefficient (Wildman–Crippen LogP) is 10.7. The minimum absolute atomic E-state index is 0.225. The van der Waals surface area contributed by atoms with Crippen molar-refractivity contribution in [2.45, 2.75) is 16.3 Å². The molecule has 0 saturated carbocycles. The normalized spacial score (nSPS) is 12.0. The van der Waals surface area contributed by atoms with Crippen LogP contribution in [0.25, 0.3) is 43.9 Å². The van der Waals surface area contributed by atoms with E-state index in [9.17, 15) is 12.8 Å². The van der Waals surface area contributed by atoms with Crippen molar-refractivity contribution < 1.29 is 12.8 Å². The summed E-state index contributed by atoms with van der Waals surface area (Å²) in [5.41, 5.74) is 7.42. The lowest BCUT2D eigenvalue weighted by molar-refractivity contribution is 0.461. The van der Waals surface area contributed by atoms with Crippen LogP contribution in [0.5, 0.6) is 0 Å². The first kappa shape index (κ1) is 37.0. The molecule has 0 aliphatic carbocycles. The molecule has 0 bridgehead atoms. The molecule has 0 spiro atoms. The van der Waals surface area contributed by atoms with Crippen molar-refractivity contribution in [2.24, 2.45) is 0 Å². The third kappa shape index (κ3) is 6.71. The Hall–Kier alpha value is -6.59. The van der Waals surface area contributed by atoms with E-state index >= 15 is 0 Å². The van der Waals surface area contributed by atoms with E-state index in [4.69, 9.17) is 10.1 Å². The summed E-state index contributed by atoms with van der Waals surface area (Å²) in [5, 5.41) is 6.17. The second-order valence-corrected chi connectivity index (χ2v) is 17.3. The van der Waals surface area contributed by atoms with E-state index in [2.05, 4.69) is 47.6 Å². The molecule has 9 aromatic rings. The van der Waals surface area contributed by atoms with Gasteiger partial charge in [0.05, 0.1) is 16.1 Å². The zero-order valence-electron chi connectivity index (χ0n) is 31.4. The highest BCUT2D eigenvalue weighted by molar-refractivity contribution is 7.91. The number of halogens is 1. The average Bonchev–Trinajstić information content (AvgIpc) is 3.95. The zero-order chi connectivity index (χ0) is 39.7. The molecule has 0 N–H and O–H groups in total. The van der Waals surface area contributed by atoms with Gasteiger partial charge in [0.15, 0.2) is 0 Å². The van der Waals surface area contributed by atoms with E-state index < -0.39 is 15.6 Å². The van der Waals surface area contributed by atoms with Crippen molar-refractivity contribution in [1.82, 2.24) is 24.1 Å². The Labute approximate surface area is 340 Å². The second-order valence-electron chi connectivity index (χ2n) is 14.0. The summed E-state index contributed by atoms with van der Waals surface area (Å²) in [6.07, 6.45) is 3.57. The summed E-state index contributed by atoms with van der Waals surface area (Å²) >= 11 is 1.18. The molecule has 3 aromatic heterocycles. The van der Waals surface area contributed by atoms with E-state index in [1.807, 2.05) is 108 Å². The van der Waals surface area contributed by atoms with E-state index in [1.165, 1.54) is 34.1 Å². The molecule has 0 aliphatic heterocycles. The summed E-state index contributed by atoms with van der Waals surface area (Å²) in [6.45, 7) is 0.250. The molecule has 0 unspecified atom stereocenters. The quantitative estimate of drug-likeness (QED) is 0.122. The van der Waals surface area contributed by atoms with Crippen molar-refractivity contribution >= 4 is 32.3 Å². The van der Waals surface area contributed by atoms with Gasteiger partial charge in [0.25, 0.3) is 10.0 Å². The lowest BCUT2D eigenvalue weighted by Crippen LogP contribution is -2.38. The molecule has 0 aliphatic rings. The van der Waals surface area contributed by atoms with Crippen LogP contribution in [-0.4, -0.2) is 39.5 Å². The number of sulfonamides is 1. The maximum absolute atomic E-state index is 14.4. The van der Waals surface area contributed by atoms with Gasteiger partial charge < -0.3 is 0 Å². The maximum Gasteiger partial charge on any atom is 0.252 e. The smallest absolute Gasteiger partial charge is 0.252 e. The number of aromatic nitrogens is 4. The molecule has 0 fully saturated rings. The van der Waals surface area contributed by atoms with Crippen LogP contribution >= 0.6 is 11.3 Å². The van der Waals surface area contributed by atoms with Gasteiger partial charge in [-0.1, -0.05) is 127 Å². The average molecular weight is 798 g/mol. The Morgan fingerprint density at radius 2 is 1.22 bits per heavy atom. The second kappa shape index (κ2) is 15.4. The molecule has 7 nitrogen and oxygen atoms in total. The molecular weight excluding hydrogens is 762 g/mol. The third-order valence-corrected chi connectivity index (χ3v) is 13.8. The standard InChI is InChI=1S/C48H36FN5O2S2/c1-53(31-34-14-6-2-7-15-34)58(55,56)45-29-28-44(57-45)47-41-30-36(24-27-43(41)50-33-51-47)42-32-54(52-46(42)35-22-25-40(49)26-23-35)48(37-16-8-3-9-17-37,38-18-10-4-11-19-38)39-20-12-5-13-21-39/h2-30,32-33H,31H2,1H3. The maximum atomic E-state index is 14.4. The number of hydrogen-bond acceptors (Lipinski definition) is 6. The number of hydrogen-bond donors (Lipinski definition) is 0. The minimum atomic E-state index is -3.78. The summed E-state index contributed by atoms with van der Waals surface area (Å²) in [7, 11) is -2.19. The molecule has 0 amide bonds. The molecule has 284 valence electrons. The Kier molecular flexibility index (Phi) is 9.82. The molecule has 0 radical (unpaired) electrons. The van der Waals surface area contributed by atoms with Crippen LogP contribution < -0.4 is 0 Å². The monoisotopic (exact) mass is 797 g/mol. The van der Waals surface area contributed by atoms with Crippen molar-refractivity contribution in [3.63, 3.8) is 0 Å². The van der Waals surface area contributed by atoms with Crippen molar-refractivity contribution in [3.8, 4) is 33.0 Å². The Morgan fingerprint density at radius 3 is 1.83 bits per heavy atom. The van der Waals surface area contributed by atoms with E-state index in [1.54, 1.807) is 31.3 Å². The van der Waals surface area contributed by atoms with Gasteiger partial charge in [-0.2, -0.15) is 9.40 Å². The molecular formula is C48H36FN5O2S2. The summed E-state index contributed by atoms with van der Waals surface area (Å²) < 4.78 is 45.5. The Balaban J connectivity index is 1.22. The van der Waals surface area contributed by atoms with Crippen molar-refractivity contribution in [3.05, 3.63) is 217 Å². The Morgan fingerprint density at radius 1 is 0.655 bits per heavy atom. The van der Waals surface area contributed by atoms with Crippen LogP contribution in [-0.2, 0) is 22.1 Å². The van der Waals surface area contributed by atoms with Crippen molar-refractivity contribution in [2.75, 3.05) is 7.05 Å². The van der Waals surface area contributed by atoms with Gasteiger partial charge in [-0.25, -0.2) is 22.8 Å². The number of rotatable bonds is 11. The predicted molar refractivity (Wildman–Crippen MR) is 229 cm³/mol. The van der Waals surface area contributed by atoms with E-state index in [-0.39, 0.29) is 16.6 Å². The molecule has 3 heterocycles. The SMILES string of the molecule is CN(Cc1ccccc1)S(=O)(=O)c1ccc(-c2ncnc3ccc(-c4cn(C(c5ccccc5)(c5ccccc5)c5ccccc5)nc4-c4ccc(F)cc4)cc23)s1. The topological polar surface area (TPSA) is 81.0 Å². The Bertz CT molecular complexity index is 2860. The fraction of sp³-hybridized carbons (Fsp3) is 0.0625.